The van der Waals surface area contributed by atoms with Crippen LogP contribution in [-0.2, 0) is 4.74 Å². The Bertz CT molecular complexity index is 239. The van der Waals surface area contributed by atoms with Crippen LogP contribution in [0.3, 0.4) is 0 Å². The number of rotatable bonds is 3. The van der Waals surface area contributed by atoms with E-state index in [0.29, 0.717) is 12.0 Å². The average Bonchev–Trinajstić information content (AvgIpc) is 2.76. The minimum Gasteiger partial charge on any atom is -0.468 e. The van der Waals surface area contributed by atoms with Crippen LogP contribution in [0.2, 0.25) is 0 Å². The molecule has 0 amide bonds. The van der Waals surface area contributed by atoms with Gasteiger partial charge >= 0.3 is 0 Å². The minimum atomic E-state index is 0.303. The third-order valence-electron chi connectivity index (χ3n) is 2.60. The first-order valence-electron chi connectivity index (χ1n) is 4.70. The number of nitrogens with one attached hydrogen (secondary N) is 1. The van der Waals surface area contributed by atoms with E-state index in [1.54, 1.807) is 6.26 Å². The Hall–Kier alpha value is -0.800. The monoisotopic (exact) mass is 181 g/mol. The highest BCUT2D eigenvalue weighted by molar-refractivity contribution is 5.06. The maximum Gasteiger partial charge on any atom is 0.121 e. The Labute approximate surface area is 78.1 Å². The van der Waals surface area contributed by atoms with Crippen LogP contribution >= 0.6 is 0 Å². The predicted octanol–water partition coefficient (Wildman–Crippen LogP) is 1.58. The minimum absolute atomic E-state index is 0.303. The molecule has 0 radical (unpaired) electrons. The first kappa shape index (κ1) is 8.78. The van der Waals surface area contributed by atoms with E-state index in [1.165, 1.54) is 0 Å². The van der Waals surface area contributed by atoms with Crippen LogP contribution in [-0.4, -0.2) is 20.3 Å². The van der Waals surface area contributed by atoms with Gasteiger partial charge in [0.1, 0.15) is 5.76 Å². The molecule has 0 aliphatic carbocycles. The van der Waals surface area contributed by atoms with Crippen molar-refractivity contribution < 1.29 is 9.15 Å². The van der Waals surface area contributed by atoms with Gasteiger partial charge in [0, 0.05) is 12.5 Å². The van der Waals surface area contributed by atoms with E-state index >= 15 is 0 Å². The summed E-state index contributed by atoms with van der Waals surface area (Å²) in [4.78, 5) is 0. The molecular weight excluding hydrogens is 166 g/mol. The zero-order valence-corrected chi connectivity index (χ0v) is 7.82. The second-order valence-corrected chi connectivity index (χ2v) is 3.41. The Kier molecular flexibility index (Phi) is 2.66. The Morgan fingerprint density at radius 1 is 1.62 bits per heavy atom. The summed E-state index contributed by atoms with van der Waals surface area (Å²) in [6.45, 7) is 1.72. The van der Waals surface area contributed by atoms with E-state index in [1.807, 2.05) is 19.2 Å². The van der Waals surface area contributed by atoms with Crippen molar-refractivity contribution in [3.63, 3.8) is 0 Å². The third-order valence-corrected chi connectivity index (χ3v) is 2.60. The average molecular weight is 181 g/mol. The molecule has 2 unspecified atom stereocenters. The first-order valence-corrected chi connectivity index (χ1v) is 4.70. The zero-order chi connectivity index (χ0) is 9.10. The molecular formula is C10H15NO2. The standard InChI is InChI=1S/C10H15NO2/c1-11-10(8-4-6-12-7-8)9-3-2-5-13-9/h2-3,5,8,10-11H,4,6-7H2,1H3. The third kappa shape index (κ3) is 1.76. The van der Waals surface area contributed by atoms with Gasteiger partial charge in [0.05, 0.1) is 18.9 Å². The lowest BCUT2D eigenvalue weighted by Gasteiger charge is -2.19. The fraction of sp³-hybridized carbons (Fsp3) is 0.600. The molecule has 72 valence electrons. The van der Waals surface area contributed by atoms with Gasteiger partial charge in [0.2, 0.25) is 0 Å². The van der Waals surface area contributed by atoms with E-state index in [9.17, 15) is 0 Å². The van der Waals surface area contributed by atoms with Gasteiger partial charge in [-0.3, -0.25) is 0 Å². The summed E-state index contributed by atoms with van der Waals surface area (Å²) in [6, 6.07) is 4.24. The van der Waals surface area contributed by atoms with Crippen LogP contribution in [0.1, 0.15) is 18.2 Å². The van der Waals surface area contributed by atoms with Crippen LogP contribution in [0.5, 0.6) is 0 Å². The van der Waals surface area contributed by atoms with Crippen LogP contribution in [0.15, 0.2) is 22.8 Å². The summed E-state index contributed by atoms with van der Waals surface area (Å²) in [6.07, 6.45) is 2.84. The molecule has 13 heavy (non-hydrogen) atoms. The van der Waals surface area contributed by atoms with Crippen LogP contribution in [0, 0.1) is 5.92 Å². The molecule has 0 spiro atoms. The van der Waals surface area contributed by atoms with Crippen molar-refractivity contribution in [1.29, 1.82) is 0 Å². The summed E-state index contributed by atoms with van der Waals surface area (Å²) in [5.41, 5.74) is 0. The van der Waals surface area contributed by atoms with E-state index in [-0.39, 0.29) is 0 Å². The molecule has 1 aromatic rings. The van der Waals surface area contributed by atoms with Gasteiger partial charge in [-0.05, 0) is 25.6 Å². The van der Waals surface area contributed by atoms with E-state index in [0.717, 1.165) is 25.4 Å². The normalized spacial score (nSPS) is 24.8. The quantitative estimate of drug-likeness (QED) is 0.768. The molecule has 1 saturated heterocycles. The van der Waals surface area contributed by atoms with Gasteiger partial charge in [0.15, 0.2) is 0 Å². The van der Waals surface area contributed by atoms with E-state index in [2.05, 4.69) is 5.32 Å². The molecule has 1 fully saturated rings. The van der Waals surface area contributed by atoms with E-state index in [4.69, 9.17) is 9.15 Å². The summed E-state index contributed by atoms with van der Waals surface area (Å²) < 4.78 is 10.7. The molecule has 0 bridgehead atoms. The SMILES string of the molecule is CNC(c1ccco1)C1CCOC1. The molecule has 3 heteroatoms. The molecule has 2 rings (SSSR count). The second-order valence-electron chi connectivity index (χ2n) is 3.41. The highest BCUT2D eigenvalue weighted by atomic mass is 16.5. The van der Waals surface area contributed by atoms with Gasteiger partial charge in [-0.1, -0.05) is 0 Å². The molecule has 1 aliphatic heterocycles. The van der Waals surface area contributed by atoms with Crippen molar-refractivity contribution in [3.05, 3.63) is 24.2 Å². The fourth-order valence-corrected chi connectivity index (χ4v) is 1.89. The lowest BCUT2D eigenvalue weighted by molar-refractivity contribution is 0.174. The zero-order valence-electron chi connectivity index (χ0n) is 7.82. The maximum absolute atomic E-state index is 5.38. The van der Waals surface area contributed by atoms with Gasteiger partial charge in [-0.15, -0.1) is 0 Å². The van der Waals surface area contributed by atoms with Crippen LogP contribution < -0.4 is 5.32 Å². The second kappa shape index (κ2) is 3.94. The van der Waals surface area contributed by atoms with E-state index < -0.39 is 0 Å². The fourth-order valence-electron chi connectivity index (χ4n) is 1.89. The lowest BCUT2D eigenvalue weighted by atomic mass is 9.97. The first-order chi connectivity index (χ1) is 6.42. The summed E-state index contributed by atoms with van der Waals surface area (Å²) in [7, 11) is 1.96. The summed E-state index contributed by atoms with van der Waals surface area (Å²) >= 11 is 0. The van der Waals surface area contributed by atoms with Crippen molar-refractivity contribution in [2.45, 2.75) is 12.5 Å². The van der Waals surface area contributed by atoms with Gasteiger partial charge in [-0.25, -0.2) is 0 Å². The van der Waals surface area contributed by atoms with Crippen molar-refractivity contribution in [2.75, 3.05) is 20.3 Å². The highest BCUT2D eigenvalue weighted by Crippen LogP contribution is 2.28. The molecule has 2 heterocycles. The number of hydrogen-bond acceptors (Lipinski definition) is 3. The topological polar surface area (TPSA) is 34.4 Å². The van der Waals surface area contributed by atoms with Crippen LogP contribution in [0.4, 0.5) is 0 Å². The molecule has 2 atom stereocenters. The smallest absolute Gasteiger partial charge is 0.121 e. The Balaban J connectivity index is 2.08. The molecule has 0 saturated carbocycles. The number of hydrogen-bond donors (Lipinski definition) is 1. The summed E-state index contributed by atoms with van der Waals surface area (Å²) in [5.74, 6) is 1.56. The molecule has 1 N–H and O–H groups in total. The van der Waals surface area contributed by atoms with Gasteiger partial charge in [0.25, 0.3) is 0 Å². The number of furan rings is 1. The summed E-state index contributed by atoms with van der Waals surface area (Å²) in [5, 5.41) is 3.27. The predicted molar refractivity (Wildman–Crippen MR) is 49.4 cm³/mol. The maximum atomic E-state index is 5.38. The highest BCUT2D eigenvalue weighted by Gasteiger charge is 2.27. The molecule has 1 aliphatic rings. The molecule has 0 aromatic carbocycles. The Morgan fingerprint density at radius 2 is 2.54 bits per heavy atom. The number of ether oxygens (including phenoxy) is 1. The van der Waals surface area contributed by atoms with Crippen molar-refractivity contribution >= 4 is 0 Å². The van der Waals surface area contributed by atoms with Crippen molar-refractivity contribution in [3.8, 4) is 0 Å². The molecule has 3 nitrogen and oxygen atoms in total. The largest absolute Gasteiger partial charge is 0.468 e. The van der Waals surface area contributed by atoms with Crippen molar-refractivity contribution in [2.24, 2.45) is 5.92 Å². The lowest BCUT2D eigenvalue weighted by Crippen LogP contribution is -2.25. The van der Waals surface area contributed by atoms with Crippen LogP contribution in [0.25, 0.3) is 0 Å². The van der Waals surface area contributed by atoms with Crippen molar-refractivity contribution in [1.82, 2.24) is 5.32 Å². The van der Waals surface area contributed by atoms with Gasteiger partial charge in [-0.2, -0.15) is 0 Å². The van der Waals surface area contributed by atoms with Gasteiger partial charge < -0.3 is 14.5 Å². The Morgan fingerprint density at radius 3 is 3.08 bits per heavy atom. The molecule has 1 aromatic heterocycles.